The van der Waals surface area contributed by atoms with Crippen LogP contribution in [0.25, 0.3) is 0 Å². The molecule has 0 fully saturated rings. The van der Waals surface area contributed by atoms with Crippen LogP contribution in [-0.2, 0) is 12.8 Å². The maximum atomic E-state index is 13.2. The lowest BCUT2D eigenvalue weighted by atomic mass is 9.80. The SMILES string of the molecule is COc1ccc(Br)cc1CC1(C)Cc2c(OC)ccc(Br)c2C1=O. The van der Waals surface area contributed by atoms with Gasteiger partial charge in [0.25, 0.3) is 0 Å². The number of benzene rings is 2. The van der Waals surface area contributed by atoms with Crippen LogP contribution in [0.5, 0.6) is 11.5 Å². The molecule has 0 N–H and O–H groups in total. The highest BCUT2D eigenvalue weighted by Gasteiger charge is 2.44. The Morgan fingerprint density at radius 2 is 1.75 bits per heavy atom. The zero-order chi connectivity index (χ0) is 17.5. The Kier molecular flexibility index (Phi) is 4.76. The molecule has 0 heterocycles. The zero-order valence-corrected chi connectivity index (χ0v) is 17.0. The number of ketones is 1. The maximum absolute atomic E-state index is 13.2. The van der Waals surface area contributed by atoms with Crippen LogP contribution in [0.15, 0.2) is 39.3 Å². The van der Waals surface area contributed by atoms with Gasteiger partial charge in [0.2, 0.25) is 0 Å². The van der Waals surface area contributed by atoms with Gasteiger partial charge in [0.1, 0.15) is 11.5 Å². The number of rotatable bonds is 4. The molecule has 0 amide bonds. The van der Waals surface area contributed by atoms with Crippen molar-refractivity contribution in [1.29, 1.82) is 0 Å². The third-order valence-corrected chi connectivity index (χ3v) is 5.76. The highest BCUT2D eigenvalue weighted by Crippen LogP contribution is 2.46. The van der Waals surface area contributed by atoms with E-state index in [2.05, 4.69) is 31.9 Å². The quantitative estimate of drug-likeness (QED) is 0.636. The van der Waals surface area contributed by atoms with Crippen molar-refractivity contribution in [3.8, 4) is 11.5 Å². The molecule has 3 rings (SSSR count). The second kappa shape index (κ2) is 6.52. The molecule has 0 aliphatic heterocycles. The van der Waals surface area contributed by atoms with Crippen LogP contribution in [0, 0.1) is 5.41 Å². The Morgan fingerprint density at radius 3 is 2.42 bits per heavy atom. The summed E-state index contributed by atoms with van der Waals surface area (Å²) in [5.41, 5.74) is 2.22. The molecule has 1 aliphatic carbocycles. The minimum atomic E-state index is -0.520. The minimum absolute atomic E-state index is 0.144. The summed E-state index contributed by atoms with van der Waals surface area (Å²) in [4.78, 5) is 13.2. The lowest BCUT2D eigenvalue weighted by Crippen LogP contribution is -2.27. The topological polar surface area (TPSA) is 35.5 Å². The Balaban J connectivity index is 2.03. The molecule has 2 aromatic carbocycles. The van der Waals surface area contributed by atoms with E-state index in [0.29, 0.717) is 12.8 Å². The highest BCUT2D eigenvalue weighted by molar-refractivity contribution is 9.10. The molecule has 1 atom stereocenters. The van der Waals surface area contributed by atoms with Crippen molar-refractivity contribution in [2.75, 3.05) is 14.2 Å². The first-order valence-corrected chi connectivity index (χ1v) is 9.21. The van der Waals surface area contributed by atoms with E-state index in [1.165, 1.54) is 0 Å². The Bertz CT molecular complexity index is 816. The first-order chi connectivity index (χ1) is 11.4. The molecule has 24 heavy (non-hydrogen) atoms. The lowest BCUT2D eigenvalue weighted by molar-refractivity contribution is 0.0840. The third kappa shape index (κ3) is 2.88. The van der Waals surface area contributed by atoms with Gasteiger partial charge in [-0.15, -0.1) is 0 Å². The number of hydrogen-bond donors (Lipinski definition) is 0. The van der Waals surface area contributed by atoms with E-state index in [-0.39, 0.29) is 5.78 Å². The molecular formula is C19H18Br2O3. The molecule has 0 radical (unpaired) electrons. The number of carbonyl (C=O) groups excluding carboxylic acids is 1. The molecule has 3 nitrogen and oxygen atoms in total. The van der Waals surface area contributed by atoms with Gasteiger partial charge in [-0.05, 0) is 48.7 Å². The summed E-state index contributed by atoms with van der Waals surface area (Å²) in [7, 11) is 3.29. The first-order valence-electron chi connectivity index (χ1n) is 7.62. The van der Waals surface area contributed by atoms with Gasteiger partial charge in [-0.2, -0.15) is 0 Å². The van der Waals surface area contributed by atoms with E-state index in [9.17, 15) is 4.79 Å². The van der Waals surface area contributed by atoms with Crippen LogP contribution >= 0.6 is 31.9 Å². The van der Waals surface area contributed by atoms with Crippen molar-refractivity contribution in [2.24, 2.45) is 5.41 Å². The number of Topliss-reactive ketones (excluding diaryl/α,β-unsaturated/α-hetero) is 1. The Morgan fingerprint density at radius 1 is 1.08 bits per heavy atom. The van der Waals surface area contributed by atoms with E-state index < -0.39 is 5.41 Å². The summed E-state index contributed by atoms with van der Waals surface area (Å²) in [6.07, 6.45) is 1.26. The summed E-state index contributed by atoms with van der Waals surface area (Å²) in [6, 6.07) is 9.66. The largest absolute Gasteiger partial charge is 0.496 e. The third-order valence-electron chi connectivity index (χ3n) is 4.60. The molecule has 0 aromatic heterocycles. The van der Waals surface area contributed by atoms with Crippen molar-refractivity contribution >= 4 is 37.6 Å². The van der Waals surface area contributed by atoms with Gasteiger partial charge in [0, 0.05) is 25.5 Å². The molecule has 1 unspecified atom stereocenters. The number of ether oxygens (including phenoxy) is 2. The average molecular weight is 454 g/mol. The Labute approximate surface area is 158 Å². The lowest BCUT2D eigenvalue weighted by Gasteiger charge is -2.23. The van der Waals surface area contributed by atoms with Gasteiger partial charge in [0.05, 0.1) is 14.2 Å². The smallest absolute Gasteiger partial charge is 0.170 e. The molecule has 0 spiro atoms. The van der Waals surface area contributed by atoms with Crippen LogP contribution in [-0.4, -0.2) is 20.0 Å². The van der Waals surface area contributed by atoms with Crippen LogP contribution in [0.1, 0.15) is 28.4 Å². The van der Waals surface area contributed by atoms with Gasteiger partial charge in [-0.25, -0.2) is 0 Å². The van der Waals surface area contributed by atoms with Crippen molar-refractivity contribution in [1.82, 2.24) is 0 Å². The minimum Gasteiger partial charge on any atom is -0.496 e. The van der Waals surface area contributed by atoms with Crippen LogP contribution < -0.4 is 9.47 Å². The van der Waals surface area contributed by atoms with E-state index in [4.69, 9.17) is 9.47 Å². The number of fused-ring (bicyclic) bond motifs is 1. The molecular weight excluding hydrogens is 436 g/mol. The molecule has 0 saturated carbocycles. The molecule has 5 heteroatoms. The van der Waals surface area contributed by atoms with Gasteiger partial charge < -0.3 is 9.47 Å². The monoisotopic (exact) mass is 452 g/mol. The van der Waals surface area contributed by atoms with E-state index >= 15 is 0 Å². The molecule has 0 saturated heterocycles. The number of carbonyl (C=O) groups is 1. The van der Waals surface area contributed by atoms with E-state index in [1.54, 1.807) is 14.2 Å². The molecule has 0 bridgehead atoms. The Hall–Kier alpha value is -1.33. The fourth-order valence-electron chi connectivity index (χ4n) is 3.43. The van der Waals surface area contributed by atoms with Crippen LogP contribution in [0.3, 0.4) is 0 Å². The second-order valence-electron chi connectivity index (χ2n) is 6.30. The number of hydrogen-bond acceptors (Lipinski definition) is 3. The van der Waals surface area contributed by atoms with E-state index in [1.807, 2.05) is 37.3 Å². The van der Waals surface area contributed by atoms with Crippen molar-refractivity contribution in [3.05, 3.63) is 56.0 Å². The first kappa shape index (κ1) is 17.5. The van der Waals surface area contributed by atoms with Crippen molar-refractivity contribution in [2.45, 2.75) is 19.8 Å². The van der Waals surface area contributed by atoms with Gasteiger partial charge in [-0.1, -0.05) is 38.8 Å². The fraction of sp³-hybridized carbons (Fsp3) is 0.316. The van der Waals surface area contributed by atoms with Crippen molar-refractivity contribution in [3.63, 3.8) is 0 Å². The number of halogens is 2. The standard InChI is InChI=1S/C19H18Br2O3/c1-19(9-11-8-12(20)4-6-15(11)23-2)10-13-16(24-3)7-5-14(21)17(13)18(19)22/h4-8H,9-10H2,1-3H3. The normalized spacial score (nSPS) is 19.3. The summed E-state index contributed by atoms with van der Waals surface area (Å²) >= 11 is 7.02. The fourth-order valence-corrected chi connectivity index (χ4v) is 4.39. The van der Waals surface area contributed by atoms with Crippen LogP contribution in [0.4, 0.5) is 0 Å². The van der Waals surface area contributed by atoms with Gasteiger partial charge in [0.15, 0.2) is 5.78 Å². The second-order valence-corrected chi connectivity index (χ2v) is 8.07. The molecule has 1 aliphatic rings. The maximum Gasteiger partial charge on any atom is 0.170 e. The van der Waals surface area contributed by atoms with Gasteiger partial charge >= 0.3 is 0 Å². The summed E-state index contributed by atoms with van der Waals surface area (Å²) in [5, 5.41) is 0. The number of methoxy groups -OCH3 is 2. The predicted molar refractivity (Wildman–Crippen MR) is 101 cm³/mol. The summed E-state index contributed by atoms with van der Waals surface area (Å²) < 4.78 is 12.7. The molecule has 126 valence electrons. The zero-order valence-electron chi connectivity index (χ0n) is 13.8. The summed E-state index contributed by atoms with van der Waals surface area (Å²) in [5.74, 6) is 1.71. The van der Waals surface area contributed by atoms with Crippen LogP contribution in [0.2, 0.25) is 0 Å². The van der Waals surface area contributed by atoms with Gasteiger partial charge in [-0.3, -0.25) is 4.79 Å². The predicted octanol–water partition coefficient (Wildman–Crippen LogP) is 5.22. The average Bonchev–Trinajstić information content (AvgIpc) is 2.80. The molecule has 2 aromatic rings. The van der Waals surface area contributed by atoms with Crippen molar-refractivity contribution < 1.29 is 14.3 Å². The summed E-state index contributed by atoms with van der Waals surface area (Å²) in [6.45, 7) is 2.02. The van der Waals surface area contributed by atoms with E-state index in [0.717, 1.165) is 37.1 Å². The highest BCUT2D eigenvalue weighted by atomic mass is 79.9.